The standard InChI is InChI=1S/2C14H23.2ClH.Zr/c2*1-5-11-14(6-2,12(3)4)13-9-7-8-10-13;;;/h2*7,9,12H,5-6,8,11H2,1-4H3;2*1H;/q;;;;+2/p-2. The monoisotopic (exact) mass is 542 g/mol. The van der Waals surface area contributed by atoms with Gasteiger partial charge in [-0.15, -0.1) is 0 Å². The third-order valence-corrected chi connectivity index (χ3v) is 11.9. The molecular weight excluding hydrogens is 498 g/mol. The Morgan fingerprint density at radius 2 is 1.06 bits per heavy atom. The molecule has 0 heterocycles. The van der Waals surface area contributed by atoms with Crippen molar-refractivity contribution in [1.29, 1.82) is 0 Å². The summed E-state index contributed by atoms with van der Waals surface area (Å²) >= 11 is -0.724. The van der Waals surface area contributed by atoms with Crippen LogP contribution in [0.15, 0.2) is 42.0 Å². The van der Waals surface area contributed by atoms with Crippen molar-refractivity contribution in [3.05, 3.63) is 42.0 Å². The van der Waals surface area contributed by atoms with Gasteiger partial charge in [0.15, 0.2) is 0 Å². The van der Waals surface area contributed by atoms with Crippen LogP contribution in [0.25, 0.3) is 0 Å². The molecule has 0 aromatic carbocycles. The Balaban J connectivity index is 0.00000450. The van der Waals surface area contributed by atoms with E-state index in [9.17, 15) is 0 Å². The van der Waals surface area contributed by atoms with Crippen LogP contribution in [0.5, 0.6) is 0 Å². The minimum atomic E-state index is -0.724. The Kier molecular flexibility index (Phi) is 14.2. The Morgan fingerprint density at radius 3 is 1.32 bits per heavy atom. The van der Waals surface area contributed by atoms with Crippen LogP contribution in [-0.4, -0.2) is 0 Å². The molecule has 0 fully saturated rings. The molecule has 0 aliphatic heterocycles. The van der Waals surface area contributed by atoms with Crippen molar-refractivity contribution in [1.82, 2.24) is 0 Å². The second-order valence-electron chi connectivity index (χ2n) is 9.95. The summed E-state index contributed by atoms with van der Waals surface area (Å²) in [6.45, 7) is 19.5. The van der Waals surface area contributed by atoms with E-state index in [1.165, 1.54) is 51.4 Å². The van der Waals surface area contributed by atoms with Gasteiger partial charge in [-0.2, -0.15) is 0 Å². The number of hydrogen-bond donors (Lipinski definition) is 0. The van der Waals surface area contributed by atoms with Gasteiger partial charge in [-0.1, -0.05) is 0 Å². The molecule has 0 bridgehead atoms. The molecule has 0 spiro atoms. The first kappa shape index (κ1) is 31.4. The summed E-state index contributed by atoms with van der Waals surface area (Å²) in [5, 5.41) is 0. The first-order chi connectivity index (χ1) is 13.8. The molecule has 0 aromatic rings. The zero-order valence-corrected chi connectivity index (χ0v) is 25.3. The molecule has 2 atom stereocenters. The fourth-order valence-electron chi connectivity index (χ4n) is 6.27. The third kappa shape index (κ3) is 6.31. The predicted molar refractivity (Wildman–Crippen MR) is 127 cm³/mol. The van der Waals surface area contributed by atoms with E-state index in [-0.39, 0.29) is 24.8 Å². The molecule has 0 saturated carbocycles. The quantitative estimate of drug-likeness (QED) is 0.354. The Morgan fingerprint density at radius 1 is 0.710 bits per heavy atom. The van der Waals surface area contributed by atoms with Crippen LogP contribution in [0, 0.1) is 22.7 Å². The van der Waals surface area contributed by atoms with E-state index in [1.807, 2.05) is 6.56 Å². The summed E-state index contributed by atoms with van der Waals surface area (Å²) < 4.78 is 3.78. The molecule has 0 N–H and O–H groups in total. The van der Waals surface area contributed by atoms with Crippen LogP contribution in [0.2, 0.25) is 0 Å². The molecule has 0 aromatic heterocycles. The SMILES string of the molecule is CCCC(CC)(C1=[C]([Zr+2][C]2=C(C(CC)(CCC)C(C)C)C=CC2)CC=C1)C(C)C.[Cl-].[Cl-]. The van der Waals surface area contributed by atoms with Crippen molar-refractivity contribution in [2.24, 2.45) is 22.7 Å². The summed E-state index contributed by atoms with van der Waals surface area (Å²) in [6.07, 6.45) is 20.4. The molecule has 2 aliphatic rings. The zero-order valence-electron chi connectivity index (χ0n) is 21.4. The molecule has 176 valence electrons. The van der Waals surface area contributed by atoms with E-state index in [0.29, 0.717) is 10.8 Å². The van der Waals surface area contributed by atoms with Gasteiger partial charge in [-0.3, -0.25) is 0 Å². The number of rotatable bonds is 12. The van der Waals surface area contributed by atoms with Crippen molar-refractivity contribution in [2.45, 2.75) is 107 Å². The number of halogens is 2. The van der Waals surface area contributed by atoms with Gasteiger partial charge in [-0.05, 0) is 0 Å². The average molecular weight is 545 g/mol. The van der Waals surface area contributed by atoms with Gasteiger partial charge in [0.2, 0.25) is 0 Å². The van der Waals surface area contributed by atoms with Gasteiger partial charge in [0.1, 0.15) is 0 Å². The molecule has 0 nitrogen and oxygen atoms in total. The summed E-state index contributed by atoms with van der Waals surface area (Å²) in [4.78, 5) is 0. The van der Waals surface area contributed by atoms with Crippen LogP contribution in [0.4, 0.5) is 0 Å². The first-order valence-electron chi connectivity index (χ1n) is 12.4. The minimum absolute atomic E-state index is 0. The smallest absolute Gasteiger partial charge is 1.00 e. The van der Waals surface area contributed by atoms with Crippen LogP contribution in [-0.2, 0) is 23.2 Å². The maximum absolute atomic E-state index is 2.54. The van der Waals surface area contributed by atoms with E-state index in [1.54, 1.807) is 11.1 Å². The fourth-order valence-corrected chi connectivity index (χ4v) is 10.5. The largest absolute Gasteiger partial charge is 1.00 e. The normalized spacial score (nSPS) is 19.4. The second kappa shape index (κ2) is 14.0. The van der Waals surface area contributed by atoms with Crippen molar-refractivity contribution in [3.63, 3.8) is 0 Å². The van der Waals surface area contributed by atoms with Crippen LogP contribution in [0.1, 0.15) is 107 Å². The second-order valence-corrected chi connectivity index (χ2v) is 13.5. The van der Waals surface area contributed by atoms with E-state index < -0.39 is 23.2 Å². The topological polar surface area (TPSA) is 0 Å². The fraction of sp³-hybridized carbons (Fsp3) is 0.714. The van der Waals surface area contributed by atoms with E-state index in [4.69, 9.17) is 0 Å². The van der Waals surface area contributed by atoms with Crippen LogP contribution in [0.3, 0.4) is 0 Å². The van der Waals surface area contributed by atoms with E-state index >= 15 is 0 Å². The number of hydrogen-bond acceptors (Lipinski definition) is 0. The Hall–Kier alpha value is 0.423. The Labute approximate surface area is 218 Å². The Bertz CT molecular complexity index is 625. The average Bonchev–Trinajstić information content (AvgIpc) is 3.34. The van der Waals surface area contributed by atoms with Gasteiger partial charge >= 0.3 is 195 Å². The maximum atomic E-state index is 2.54. The maximum Gasteiger partial charge on any atom is -1.00 e. The van der Waals surface area contributed by atoms with Crippen molar-refractivity contribution in [3.8, 4) is 0 Å². The van der Waals surface area contributed by atoms with Crippen LogP contribution >= 0.6 is 0 Å². The van der Waals surface area contributed by atoms with Gasteiger partial charge in [-0.25, -0.2) is 0 Å². The molecule has 2 rings (SSSR count). The van der Waals surface area contributed by atoms with Gasteiger partial charge < -0.3 is 24.8 Å². The van der Waals surface area contributed by atoms with Gasteiger partial charge in [0, 0.05) is 0 Å². The summed E-state index contributed by atoms with van der Waals surface area (Å²) in [7, 11) is 0. The van der Waals surface area contributed by atoms with Crippen molar-refractivity contribution < 1.29 is 48.0 Å². The van der Waals surface area contributed by atoms with Crippen LogP contribution < -0.4 is 24.8 Å². The van der Waals surface area contributed by atoms with Crippen molar-refractivity contribution in [2.75, 3.05) is 0 Å². The predicted octanol–water partition coefficient (Wildman–Crippen LogP) is 3.21. The molecule has 0 radical (unpaired) electrons. The zero-order chi connectivity index (χ0) is 21.7. The molecular formula is C28H46Cl2Zr. The molecule has 2 aliphatic carbocycles. The summed E-state index contributed by atoms with van der Waals surface area (Å²) in [5.41, 5.74) is 4.33. The molecule has 31 heavy (non-hydrogen) atoms. The minimum Gasteiger partial charge on any atom is -1.00 e. The first-order valence-corrected chi connectivity index (χ1v) is 14.9. The van der Waals surface area contributed by atoms with Crippen molar-refractivity contribution >= 4 is 0 Å². The molecule has 3 heteroatoms. The van der Waals surface area contributed by atoms with E-state index in [0.717, 1.165) is 11.8 Å². The van der Waals surface area contributed by atoms with Gasteiger partial charge in [0.25, 0.3) is 0 Å². The molecule has 2 unspecified atom stereocenters. The van der Waals surface area contributed by atoms with E-state index in [2.05, 4.69) is 79.7 Å². The number of allylic oxidation sites excluding steroid dienone is 8. The van der Waals surface area contributed by atoms with Gasteiger partial charge in [0.05, 0.1) is 0 Å². The third-order valence-electron chi connectivity index (χ3n) is 8.10. The summed E-state index contributed by atoms with van der Waals surface area (Å²) in [6, 6.07) is 0. The molecule has 0 amide bonds. The summed E-state index contributed by atoms with van der Waals surface area (Å²) in [5.74, 6) is 1.44. The molecule has 0 saturated heterocycles.